The topological polar surface area (TPSA) is 103 Å². The van der Waals surface area contributed by atoms with Crippen LogP contribution in [0.15, 0.2) is 33.5 Å². The fraction of sp³-hybridized carbons (Fsp3) is 0.412. The van der Waals surface area contributed by atoms with Gasteiger partial charge in [0.1, 0.15) is 12.4 Å². The maximum atomic E-state index is 12.9. The molecule has 0 saturated carbocycles. The number of hydrogen-bond acceptors (Lipinski definition) is 6. The zero-order valence-electron chi connectivity index (χ0n) is 14.5. The second-order valence-corrected chi connectivity index (χ2v) is 5.76. The van der Waals surface area contributed by atoms with Crippen LogP contribution in [0.3, 0.4) is 0 Å². The maximum Gasteiger partial charge on any atom is 0.437 e. The first-order valence-corrected chi connectivity index (χ1v) is 8.18. The fourth-order valence-corrected chi connectivity index (χ4v) is 2.25. The van der Waals surface area contributed by atoms with Gasteiger partial charge < -0.3 is 14.5 Å². The first-order valence-electron chi connectivity index (χ1n) is 8.18. The number of nitrogens with one attached hydrogen (secondary N) is 1. The van der Waals surface area contributed by atoms with Crippen LogP contribution in [0.4, 0.5) is 4.39 Å². The van der Waals surface area contributed by atoms with E-state index >= 15 is 0 Å². The molecule has 0 saturated heterocycles. The SMILES string of the molecule is CCCC(C)NC(=O)COC(=O)Cn1nc(-c2ccc(F)cc2)oc1=O. The molecule has 1 atom stereocenters. The summed E-state index contributed by atoms with van der Waals surface area (Å²) in [6, 6.07) is 5.17. The quantitative estimate of drug-likeness (QED) is 0.711. The number of halogens is 1. The van der Waals surface area contributed by atoms with Crippen molar-refractivity contribution in [2.24, 2.45) is 0 Å². The minimum Gasteiger partial charge on any atom is -0.454 e. The number of carbonyl (C=O) groups excluding carboxylic acids is 2. The fourth-order valence-electron chi connectivity index (χ4n) is 2.25. The van der Waals surface area contributed by atoms with Crippen molar-refractivity contribution in [3.05, 3.63) is 40.6 Å². The van der Waals surface area contributed by atoms with E-state index < -0.39 is 36.6 Å². The summed E-state index contributed by atoms with van der Waals surface area (Å²) in [5.74, 6) is -2.56. The van der Waals surface area contributed by atoms with E-state index in [-0.39, 0.29) is 11.9 Å². The van der Waals surface area contributed by atoms with Gasteiger partial charge in [-0.2, -0.15) is 4.68 Å². The highest BCUT2D eigenvalue weighted by molar-refractivity contribution is 5.80. The standard InChI is InChI=1S/C17H20FN3O5/c1-3-4-11(2)19-14(22)10-25-15(23)9-21-17(24)26-16(20-21)12-5-7-13(18)8-6-12/h5-8,11H,3-4,9-10H2,1-2H3,(H,19,22). The van der Waals surface area contributed by atoms with Crippen LogP contribution in [0.1, 0.15) is 26.7 Å². The van der Waals surface area contributed by atoms with Gasteiger partial charge in [-0.3, -0.25) is 9.59 Å². The highest BCUT2D eigenvalue weighted by Crippen LogP contribution is 2.15. The summed E-state index contributed by atoms with van der Waals surface area (Å²) in [6.45, 7) is 2.92. The molecule has 0 fully saturated rings. The minimum atomic E-state index is -0.859. The molecule has 0 aliphatic rings. The normalized spacial score (nSPS) is 11.8. The van der Waals surface area contributed by atoms with Crippen molar-refractivity contribution in [3.63, 3.8) is 0 Å². The van der Waals surface area contributed by atoms with E-state index in [2.05, 4.69) is 10.4 Å². The lowest BCUT2D eigenvalue weighted by Gasteiger charge is -2.12. The van der Waals surface area contributed by atoms with Gasteiger partial charge in [0.05, 0.1) is 0 Å². The van der Waals surface area contributed by atoms with Crippen LogP contribution in [0.5, 0.6) is 0 Å². The van der Waals surface area contributed by atoms with Gasteiger partial charge in [-0.05, 0) is 37.6 Å². The van der Waals surface area contributed by atoms with Crippen molar-refractivity contribution in [3.8, 4) is 11.5 Å². The van der Waals surface area contributed by atoms with E-state index in [1.165, 1.54) is 24.3 Å². The van der Waals surface area contributed by atoms with E-state index in [0.29, 0.717) is 5.56 Å². The number of rotatable bonds is 8. The largest absolute Gasteiger partial charge is 0.454 e. The molecule has 8 nitrogen and oxygen atoms in total. The molecule has 1 aromatic carbocycles. The molecule has 140 valence electrons. The Bertz CT molecular complexity index is 813. The van der Waals surface area contributed by atoms with Gasteiger partial charge in [-0.25, -0.2) is 9.18 Å². The third kappa shape index (κ3) is 5.54. The summed E-state index contributed by atoms with van der Waals surface area (Å²) < 4.78 is 23.5. The summed E-state index contributed by atoms with van der Waals surface area (Å²) >= 11 is 0. The summed E-state index contributed by atoms with van der Waals surface area (Å²) in [7, 11) is 0. The average Bonchev–Trinajstić information content (AvgIpc) is 2.94. The predicted octanol–water partition coefficient (Wildman–Crippen LogP) is 1.49. The van der Waals surface area contributed by atoms with Gasteiger partial charge in [0.15, 0.2) is 6.61 Å². The van der Waals surface area contributed by atoms with Gasteiger partial charge in [-0.1, -0.05) is 13.3 Å². The molecule has 1 aromatic heterocycles. The van der Waals surface area contributed by atoms with Gasteiger partial charge >= 0.3 is 11.7 Å². The minimum absolute atomic E-state index is 0.0115. The number of nitrogens with zero attached hydrogens (tertiary/aromatic N) is 2. The maximum absolute atomic E-state index is 12.9. The number of hydrogen-bond donors (Lipinski definition) is 1. The predicted molar refractivity (Wildman–Crippen MR) is 89.6 cm³/mol. The zero-order chi connectivity index (χ0) is 19.1. The molecule has 1 unspecified atom stereocenters. The van der Waals surface area contributed by atoms with Crippen LogP contribution < -0.4 is 11.1 Å². The van der Waals surface area contributed by atoms with E-state index in [1.54, 1.807) is 0 Å². The number of benzene rings is 1. The molecule has 26 heavy (non-hydrogen) atoms. The van der Waals surface area contributed by atoms with Crippen LogP contribution in [-0.2, 0) is 20.9 Å². The van der Waals surface area contributed by atoms with Crippen molar-refractivity contribution in [2.75, 3.05) is 6.61 Å². The first-order chi connectivity index (χ1) is 12.4. The summed E-state index contributed by atoms with van der Waals surface area (Å²) in [5, 5.41) is 6.56. The second kappa shape index (κ2) is 8.93. The molecule has 0 aliphatic carbocycles. The molecule has 0 spiro atoms. The number of aromatic nitrogens is 2. The van der Waals surface area contributed by atoms with Crippen LogP contribution in [0.25, 0.3) is 11.5 Å². The lowest BCUT2D eigenvalue weighted by Crippen LogP contribution is -2.36. The Balaban J connectivity index is 1.90. The van der Waals surface area contributed by atoms with E-state index in [0.717, 1.165) is 17.5 Å². The van der Waals surface area contributed by atoms with E-state index in [9.17, 15) is 18.8 Å². The molecular weight excluding hydrogens is 345 g/mol. The van der Waals surface area contributed by atoms with Gasteiger partial charge in [-0.15, -0.1) is 5.10 Å². The molecule has 1 amide bonds. The molecule has 9 heteroatoms. The Morgan fingerprint density at radius 1 is 1.35 bits per heavy atom. The van der Waals surface area contributed by atoms with Gasteiger partial charge in [0, 0.05) is 11.6 Å². The van der Waals surface area contributed by atoms with Crippen molar-refractivity contribution < 1.29 is 23.1 Å². The lowest BCUT2D eigenvalue weighted by atomic mass is 10.2. The van der Waals surface area contributed by atoms with Gasteiger partial charge in [0.25, 0.3) is 5.91 Å². The van der Waals surface area contributed by atoms with E-state index in [4.69, 9.17) is 9.15 Å². The zero-order valence-corrected chi connectivity index (χ0v) is 14.5. The number of esters is 1. The average molecular weight is 365 g/mol. The third-order valence-corrected chi connectivity index (χ3v) is 3.47. The molecule has 2 aromatic rings. The Kier molecular flexibility index (Phi) is 6.65. The Morgan fingerprint density at radius 3 is 2.69 bits per heavy atom. The molecule has 1 heterocycles. The molecule has 1 N–H and O–H groups in total. The summed E-state index contributed by atoms with van der Waals surface area (Å²) in [6.07, 6.45) is 1.74. The van der Waals surface area contributed by atoms with Crippen LogP contribution in [-0.4, -0.2) is 34.3 Å². The third-order valence-electron chi connectivity index (χ3n) is 3.47. The molecule has 0 bridgehead atoms. The molecule has 2 rings (SSSR count). The van der Waals surface area contributed by atoms with Gasteiger partial charge in [0.2, 0.25) is 5.89 Å². The van der Waals surface area contributed by atoms with Crippen LogP contribution in [0.2, 0.25) is 0 Å². The van der Waals surface area contributed by atoms with E-state index in [1.807, 2.05) is 13.8 Å². The number of amides is 1. The smallest absolute Gasteiger partial charge is 0.437 e. The second-order valence-electron chi connectivity index (χ2n) is 5.76. The molecular formula is C17H20FN3O5. The lowest BCUT2D eigenvalue weighted by molar-refractivity contribution is -0.149. The summed E-state index contributed by atoms with van der Waals surface area (Å²) in [5.41, 5.74) is 0.389. The highest BCUT2D eigenvalue weighted by atomic mass is 19.1. The Morgan fingerprint density at radius 2 is 2.04 bits per heavy atom. The first kappa shape index (κ1) is 19.4. The monoisotopic (exact) mass is 365 g/mol. The number of ether oxygens (including phenoxy) is 1. The van der Waals surface area contributed by atoms with Crippen LogP contribution in [0, 0.1) is 5.82 Å². The highest BCUT2D eigenvalue weighted by Gasteiger charge is 2.15. The van der Waals surface area contributed by atoms with Crippen LogP contribution >= 0.6 is 0 Å². The molecule has 0 aliphatic heterocycles. The van der Waals surface area contributed by atoms with Crippen molar-refractivity contribution >= 4 is 11.9 Å². The number of carbonyl (C=O) groups is 2. The van der Waals surface area contributed by atoms with Crippen molar-refractivity contribution in [2.45, 2.75) is 39.3 Å². The summed E-state index contributed by atoms with van der Waals surface area (Å²) in [4.78, 5) is 35.2. The Hall–Kier alpha value is -2.97. The van der Waals surface area contributed by atoms with Crippen molar-refractivity contribution in [1.29, 1.82) is 0 Å². The Labute approximate surface area is 148 Å². The van der Waals surface area contributed by atoms with Crippen molar-refractivity contribution in [1.82, 2.24) is 15.1 Å². The molecule has 0 radical (unpaired) electrons.